The lowest BCUT2D eigenvalue weighted by Gasteiger charge is -2.28. The van der Waals surface area contributed by atoms with Crippen LogP contribution in [-0.4, -0.2) is 30.3 Å². The van der Waals surface area contributed by atoms with E-state index >= 15 is 0 Å². The lowest BCUT2D eigenvalue weighted by molar-refractivity contribution is -0.140. The maximum Gasteiger partial charge on any atom is 0.349 e. The predicted molar refractivity (Wildman–Crippen MR) is 87.2 cm³/mol. The summed E-state index contributed by atoms with van der Waals surface area (Å²) in [5.41, 5.74) is 7.05. The van der Waals surface area contributed by atoms with Crippen molar-refractivity contribution in [3.05, 3.63) is 29.3 Å². The van der Waals surface area contributed by atoms with Gasteiger partial charge in [0.1, 0.15) is 11.7 Å². The fourth-order valence-electron chi connectivity index (χ4n) is 3.50. The first-order chi connectivity index (χ1) is 10.5. The number of anilines is 1. The van der Waals surface area contributed by atoms with Gasteiger partial charge in [0.15, 0.2) is 0 Å². The summed E-state index contributed by atoms with van der Waals surface area (Å²) in [5.74, 6) is 0.598. The van der Waals surface area contributed by atoms with Crippen LogP contribution in [0.1, 0.15) is 6.92 Å². The first-order valence-electron chi connectivity index (χ1n) is 7.14. The molecule has 4 atom stereocenters. The molecule has 1 unspecified atom stereocenters. The van der Waals surface area contributed by atoms with E-state index in [1.54, 1.807) is 0 Å². The van der Waals surface area contributed by atoms with Crippen molar-refractivity contribution in [3.63, 3.8) is 0 Å². The first kappa shape index (κ1) is 15.4. The molecule has 0 radical (unpaired) electrons. The highest BCUT2D eigenvalue weighted by molar-refractivity contribution is 6.30. The Kier molecular flexibility index (Phi) is 4.19. The number of hydrogen-bond acceptors (Lipinski definition) is 4. The quantitative estimate of drug-likeness (QED) is 0.300. The molecule has 1 aliphatic carbocycles. The van der Waals surface area contributed by atoms with Crippen molar-refractivity contribution < 1.29 is 9.63 Å². The SMILES string of the molecule is CC1[C@@H]2[C@H](CN1c1cccc(Cl)c1)[C@H]2/C(N)=N/OC(=O)CCl. The molecule has 2 fully saturated rings. The van der Waals surface area contributed by atoms with Crippen LogP contribution >= 0.6 is 23.2 Å². The molecule has 22 heavy (non-hydrogen) atoms. The number of amidine groups is 1. The van der Waals surface area contributed by atoms with E-state index in [2.05, 4.69) is 27.9 Å². The maximum absolute atomic E-state index is 11.0. The van der Waals surface area contributed by atoms with Crippen LogP contribution in [0.25, 0.3) is 0 Å². The topological polar surface area (TPSA) is 67.9 Å². The molecule has 0 bridgehead atoms. The molecule has 5 nitrogen and oxygen atoms in total. The van der Waals surface area contributed by atoms with Gasteiger partial charge in [0.25, 0.3) is 0 Å². The highest BCUT2D eigenvalue weighted by Gasteiger charge is 2.61. The van der Waals surface area contributed by atoms with E-state index in [1.165, 1.54) is 0 Å². The van der Waals surface area contributed by atoms with E-state index in [4.69, 9.17) is 28.9 Å². The summed E-state index contributed by atoms with van der Waals surface area (Å²) >= 11 is 11.4. The molecule has 3 rings (SSSR count). The van der Waals surface area contributed by atoms with Gasteiger partial charge in [0.05, 0.1) is 0 Å². The van der Waals surface area contributed by atoms with E-state index < -0.39 is 5.97 Å². The average molecular weight is 342 g/mol. The molecule has 1 saturated heterocycles. The second-order valence-corrected chi connectivity index (χ2v) is 6.46. The molecule has 2 aliphatic rings. The molecule has 1 aliphatic heterocycles. The van der Waals surface area contributed by atoms with E-state index in [1.807, 2.05) is 18.2 Å². The highest BCUT2D eigenvalue weighted by atomic mass is 35.5. The van der Waals surface area contributed by atoms with Crippen LogP contribution in [0.4, 0.5) is 5.69 Å². The summed E-state index contributed by atoms with van der Waals surface area (Å²) < 4.78 is 0. The number of halogens is 2. The number of carbonyl (C=O) groups excluding carboxylic acids is 1. The van der Waals surface area contributed by atoms with Crippen LogP contribution in [0.2, 0.25) is 5.02 Å². The molecule has 1 aromatic rings. The van der Waals surface area contributed by atoms with Crippen molar-refractivity contribution in [1.29, 1.82) is 0 Å². The molecule has 2 N–H and O–H groups in total. The smallest absolute Gasteiger partial charge is 0.349 e. The Morgan fingerprint density at radius 1 is 1.55 bits per heavy atom. The summed E-state index contributed by atoms with van der Waals surface area (Å²) in [6, 6.07) is 8.18. The van der Waals surface area contributed by atoms with Crippen LogP contribution < -0.4 is 10.6 Å². The standard InChI is InChI=1S/C15H17Cl2N3O2/c1-8-13-11(14(13)15(18)19-22-12(21)6-16)7-20(8)10-4-2-3-9(17)5-10/h2-5,8,11,13-14H,6-7H2,1H3,(H2,18,19)/t8?,11-,13+,14+/m0/s1. The van der Waals surface area contributed by atoms with Crippen LogP contribution in [0.15, 0.2) is 29.4 Å². The Hall–Kier alpha value is -1.46. The number of hydrogen-bond donors (Lipinski definition) is 1. The molecule has 0 spiro atoms. The molecule has 0 amide bonds. The Morgan fingerprint density at radius 3 is 2.91 bits per heavy atom. The number of benzene rings is 1. The lowest BCUT2D eigenvalue weighted by atomic mass is 10.1. The minimum Gasteiger partial charge on any atom is -0.384 e. The summed E-state index contributed by atoms with van der Waals surface area (Å²) in [7, 11) is 0. The minimum atomic E-state index is -0.593. The largest absolute Gasteiger partial charge is 0.384 e. The fraction of sp³-hybridized carbons (Fsp3) is 0.467. The number of fused-ring (bicyclic) bond motifs is 1. The third kappa shape index (κ3) is 2.75. The Labute approximate surface area is 139 Å². The van der Waals surface area contributed by atoms with Gasteiger partial charge in [-0.1, -0.05) is 22.8 Å². The maximum atomic E-state index is 11.0. The van der Waals surface area contributed by atoms with Crippen molar-refractivity contribution in [1.82, 2.24) is 0 Å². The first-order valence-corrected chi connectivity index (χ1v) is 8.05. The summed E-state index contributed by atoms with van der Waals surface area (Å²) in [5, 5.41) is 4.44. The van der Waals surface area contributed by atoms with Crippen molar-refractivity contribution >= 4 is 40.7 Å². The summed E-state index contributed by atoms with van der Waals surface area (Å²) in [4.78, 5) is 18.0. The monoisotopic (exact) mass is 341 g/mol. The van der Waals surface area contributed by atoms with Gasteiger partial charge in [-0.15, -0.1) is 11.6 Å². The Morgan fingerprint density at radius 2 is 2.32 bits per heavy atom. The van der Waals surface area contributed by atoms with E-state index in [0.29, 0.717) is 23.7 Å². The van der Waals surface area contributed by atoms with Crippen LogP contribution in [0.5, 0.6) is 0 Å². The number of alkyl halides is 1. The molecule has 118 valence electrons. The number of piperidine rings is 1. The normalized spacial score (nSPS) is 30.1. The average Bonchev–Trinajstić information content (AvgIpc) is 3.13. The van der Waals surface area contributed by atoms with Gasteiger partial charge in [-0.2, -0.15) is 0 Å². The van der Waals surface area contributed by atoms with Gasteiger partial charge < -0.3 is 15.5 Å². The zero-order chi connectivity index (χ0) is 15.9. The molecule has 0 aromatic heterocycles. The predicted octanol–water partition coefficient (Wildman–Crippen LogP) is 2.46. The molecular weight excluding hydrogens is 325 g/mol. The molecule has 1 saturated carbocycles. The summed E-state index contributed by atoms with van der Waals surface area (Å²) in [6.45, 7) is 3.07. The Balaban J connectivity index is 1.65. The number of nitrogens with zero attached hydrogens (tertiary/aromatic N) is 2. The third-order valence-corrected chi connectivity index (χ3v) is 4.98. The van der Waals surface area contributed by atoms with E-state index in [9.17, 15) is 4.79 Å². The Bertz CT molecular complexity index is 623. The zero-order valence-electron chi connectivity index (χ0n) is 12.1. The summed E-state index contributed by atoms with van der Waals surface area (Å²) in [6.07, 6.45) is 0. The van der Waals surface area contributed by atoms with Gasteiger partial charge >= 0.3 is 5.97 Å². The molecule has 1 heterocycles. The second kappa shape index (κ2) is 5.97. The molecule has 1 aromatic carbocycles. The van der Waals surface area contributed by atoms with Crippen LogP contribution in [0, 0.1) is 17.8 Å². The zero-order valence-corrected chi connectivity index (χ0v) is 13.6. The molecule has 7 heteroatoms. The van der Waals surface area contributed by atoms with Crippen molar-refractivity contribution in [3.8, 4) is 0 Å². The van der Waals surface area contributed by atoms with Gasteiger partial charge in [-0.25, -0.2) is 4.79 Å². The highest BCUT2D eigenvalue weighted by Crippen LogP contribution is 2.56. The number of oxime groups is 1. The van der Waals surface area contributed by atoms with Gasteiger partial charge in [0, 0.05) is 29.2 Å². The molecular formula is C15H17Cl2N3O2. The number of rotatable bonds is 4. The van der Waals surface area contributed by atoms with Crippen molar-refractivity contribution in [2.75, 3.05) is 17.3 Å². The fourth-order valence-corrected chi connectivity index (χ4v) is 3.73. The number of carbonyl (C=O) groups is 1. The van der Waals surface area contributed by atoms with Gasteiger partial charge in [-0.3, -0.25) is 0 Å². The minimum absolute atomic E-state index is 0.175. The van der Waals surface area contributed by atoms with Crippen LogP contribution in [0.3, 0.4) is 0 Å². The lowest BCUT2D eigenvalue weighted by Crippen LogP contribution is -2.35. The second-order valence-electron chi connectivity index (χ2n) is 5.75. The van der Waals surface area contributed by atoms with E-state index in [0.717, 1.165) is 17.3 Å². The van der Waals surface area contributed by atoms with Gasteiger partial charge in [-0.05, 0) is 37.0 Å². The number of nitrogens with two attached hydrogens (primary N) is 1. The third-order valence-electron chi connectivity index (χ3n) is 4.53. The van der Waals surface area contributed by atoms with Crippen molar-refractivity contribution in [2.45, 2.75) is 13.0 Å². The van der Waals surface area contributed by atoms with Crippen molar-refractivity contribution in [2.24, 2.45) is 28.6 Å². The van der Waals surface area contributed by atoms with E-state index in [-0.39, 0.29) is 11.8 Å². The van der Waals surface area contributed by atoms with Crippen LogP contribution in [-0.2, 0) is 9.63 Å². The van der Waals surface area contributed by atoms with Gasteiger partial charge in [0.2, 0.25) is 0 Å².